The van der Waals surface area contributed by atoms with E-state index in [1.165, 1.54) is 14.0 Å². The molecule has 0 radical (unpaired) electrons. The molecule has 1 saturated heterocycles. The predicted molar refractivity (Wildman–Crippen MR) is 123 cm³/mol. The van der Waals surface area contributed by atoms with Crippen molar-refractivity contribution in [1.29, 1.82) is 0 Å². The molecule has 7 nitrogen and oxygen atoms in total. The van der Waals surface area contributed by atoms with Crippen LogP contribution in [0.15, 0.2) is 47.4 Å². The molecule has 0 spiro atoms. The van der Waals surface area contributed by atoms with Crippen LogP contribution >= 0.6 is 23.4 Å². The largest absolute Gasteiger partial charge is 0.490 e. The minimum atomic E-state index is -1.00. The van der Waals surface area contributed by atoms with Crippen molar-refractivity contribution in [3.05, 3.63) is 63.5 Å². The first-order valence-electron chi connectivity index (χ1n) is 9.83. The predicted octanol–water partition coefficient (Wildman–Crippen LogP) is 4.92. The second kappa shape index (κ2) is 10.6. The van der Waals surface area contributed by atoms with Gasteiger partial charge in [-0.1, -0.05) is 35.9 Å². The number of ether oxygens (including phenoxy) is 3. The van der Waals surface area contributed by atoms with Crippen LogP contribution in [0.2, 0.25) is 5.02 Å². The molecule has 1 aliphatic heterocycles. The van der Waals surface area contributed by atoms with Crippen molar-refractivity contribution in [3.63, 3.8) is 0 Å². The van der Waals surface area contributed by atoms with Gasteiger partial charge in [-0.2, -0.15) is 0 Å². The van der Waals surface area contributed by atoms with Crippen molar-refractivity contribution in [2.45, 2.75) is 26.5 Å². The normalized spacial score (nSPS) is 15.8. The van der Waals surface area contributed by atoms with Crippen molar-refractivity contribution in [2.24, 2.45) is 0 Å². The number of hydrogen-bond acceptors (Lipinski definition) is 7. The van der Waals surface area contributed by atoms with Crippen LogP contribution < -0.4 is 9.47 Å². The van der Waals surface area contributed by atoms with Crippen molar-refractivity contribution < 1.29 is 28.6 Å². The summed E-state index contributed by atoms with van der Waals surface area (Å²) in [6.07, 6.45) is 1.58. The molecule has 0 unspecified atom stereocenters. The smallest absolute Gasteiger partial charge is 0.328 e. The molecule has 0 bridgehead atoms. The molecule has 1 heterocycles. The number of amides is 2. The van der Waals surface area contributed by atoms with Gasteiger partial charge in [0.2, 0.25) is 0 Å². The fraction of sp³-hybridized carbons (Fsp3) is 0.261. The molecule has 1 aliphatic rings. The highest BCUT2D eigenvalue weighted by Crippen LogP contribution is 2.36. The Morgan fingerprint density at radius 3 is 2.59 bits per heavy atom. The molecule has 0 saturated carbocycles. The van der Waals surface area contributed by atoms with Gasteiger partial charge in [-0.05, 0) is 55.4 Å². The van der Waals surface area contributed by atoms with Gasteiger partial charge < -0.3 is 14.2 Å². The van der Waals surface area contributed by atoms with Crippen molar-refractivity contribution in [3.8, 4) is 11.5 Å². The molecule has 2 amide bonds. The zero-order valence-electron chi connectivity index (χ0n) is 17.8. The van der Waals surface area contributed by atoms with Crippen LogP contribution in [0.1, 0.15) is 25.0 Å². The number of carbonyl (C=O) groups excluding carboxylic acids is 3. The average molecular weight is 476 g/mol. The number of halogens is 1. The van der Waals surface area contributed by atoms with Crippen molar-refractivity contribution >= 4 is 46.6 Å². The number of hydrogen-bond donors (Lipinski definition) is 0. The highest BCUT2D eigenvalue weighted by atomic mass is 35.5. The van der Waals surface area contributed by atoms with Crippen molar-refractivity contribution in [1.82, 2.24) is 4.90 Å². The van der Waals surface area contributed by atoms with E-state index in [1.807, 2.05) is 25.1 Å². The lowest BCUT2D eigenvalue weighted by Crippen LogP contribution is -2.42. The number of benzene rings is 2. The number of methoxy groups -OCH3 is 1. The van der Waals surface area contributed by atoms with Crippen LogP contribution in [0.25, 0.3) is 6.08 Å². The minimum absolute atomic E-state index is 0.206. The summed E-state index contributed by atoms with van der Waals surface area (Å²) in [6, 6.07) is 11.6. The molecule has 2 aromatic carbocycles. The molecule has 9 heteroatoms. The molecular weight excluding hydrogens is 454 g/mol. The monoisotopic (exact) mass is 475 g/mol. The van der Waals surface area contributed by atoms with Gasteiger partial charge in [0, 0.05) is 10.6 Å². The summed E-state index contributed by atoms with van der Waals surface area (Å²) >= 11 is 6.96. The van der Waals surface area contributed by atoms with E-state index in [2.05, 4.69) is 4.74 Å². The Morgan fingerprint density at radius 2 is 1.91 bits per heavy atom. The maximum absolute atomic E-state index is 12.7. The van der Waals surface area contributed by atoms with Gasteiger partial charge in [0.15, 0.2) is 11.5 Å². The Bertz CT molecular complexity index is 1070. The number of imide groups is 1. The second-order valence-electron chi connectivity index (χ2n) is 6.77. The number of rotatable bonds is 8. The molecule has 2 aromatic rings. The SMILES string of the molecule is CCOc1cc(/C=C2/SC(=O)N([C@H](C)C(=O)OC)C2=O)ccc1OCc1ccccc1Cl. The van der Waals surface area contributed by atoms with Crippen molar-refractivity contribution in [2.75, 3.05) is 13.7 Å². The highest BCUT2D eigenvalue weighted by molar-refractivity contribution is 8.18. The van der Waals surface area contributed by atoms with E-state index in [4.69, 9.17) is 21.1 Å². The van der Waals surface area contributed by atoms with Crippen LogP contribution in [0.5, 0.6) is 11.5 Å². The molecule has 3 rings (SSSR count). The topological polar surface area (TPSA) is 82.1 Å². The molecule has 0 aromatic heterocycles. The Hall–Kier alpha value is -2.97. The van der Waals surface area contributed by atoms with Crippen LogP contribution in [0, 0.1) is 0 Å². The maximum Gasteiger partial charge on any atom is 0.328 e. The third-order valence-corrected chi connectivity index (χ3v) is 5.91. The van der Waals surface area contributed by atoms with E-state index >= 15 is 0 Å². The van der Waals surface area contributed by atoms with Gasteiger partial charge in [-0.15, -0.1) is 0 Å². The summed E-state index contributed by atoms with van der Waals surface area (Å²) in [7, 11) is 1.21. The fourth-order valence-electron chi connectivity index (χ4n) is 3.01. The lowest BCUT2D eigenvalue weighted by Gasteiger charge is -2.18. The number of nitrogens with zero attached hydrogens (tertiary/aromatic N) is 1. The first kappa shape index (κ1) is 23.7. The quantitative estimate of drug-likeness (QED) is 0.396. The first-order chi connectivity index (χ1) is 15.3. The average Bonchev–Trinajstić information content (AvgIpc) is 3.06. The molecule has 1 fully saturated rings. The fourth-order valence-corrected chi connectivity index (χ4v) is 4.11. The third kappa shape index (κ3) is 5.26. The van der Waals surface area contributed by atoms with Gasteiger partial charge >= 0.3 is 5.97 Å². The summed E-state index contributed by atoms with van der Waals surface area (Å²) in [5.41, 5.74) is 1.49. The molecule has 0 aliphatic carbocycles. The van der Waals surface area contributed by atoms with Gasteiger partial charge in [0.1, 0.15) is 12.6 Å². The molecule has 32 heavy (non-hydrogen) atoms. The summed E-state index contributed by atoms with van der Waals surface area (Å²) in [5.74, 6) is -0.186. The Morgan fingerprint density at radius 1 is 1.16 bits per heavy atom. The lowest BCUT2D eigenvalue weighted by molar-refractivity contribution is -0.148. The number of carbonyl (C=O) groups is 3. The summed E-state index contributed by atoms with van der Waals surface area (Å²) in [4.78, 5) is 37.8. The van der Waals surface area contributed by atoms with Crippen LogP contribution in [0.3, 0.4) is 0 Å². The van der Waals surface area contributed by atoms with E-state index in [0.29, 0.717) is 28.7 Å². The molecule has 0 N–H and O–H groups in total. The molecule has 1 atom stereocenters. The maximum atomic E-state index is 12.7. The van der Waals surface area contributed by atoms with E-state index in [0.717, 1.165) is 22.2 Å². The Balaban J connectivity index is 1.81. The summed E-state index contributed by atoms with van der Waals surface area (Å²) < 4.78 is 16.2. The van der Waals surface area contributed by atoms with E-state index in [1.54, 1.807) is 30.3 Å². The summed E-state index contributed by atoms with van der Waals surface area (Å²) in [5, 5.41) is 0.0860. The molecular formula is C23H22ClNO6S. The standard InChI is InChI=1S/C23H22ClNO6S/c1-4-30-19-11-15(9-10-18(19)31-13-16-7-5-6-8-17(16)24)12-20-21(26)25(23(28)32-20)14(2)22(27)29-3/h5-12,14H,4,13H2,1-3H3/b20-12+/t14-/m1/s1. The highest BCUT2D eigenvalue weighted by Gasteiger charge is 2.41. The van der Waals surface area contributed by atoms with Crippen LogP contribution in [-0.2, 0) is 20.9 Å². The Kier molecular flexibility index (Phi) is 7.82. The number of thioether (sulfide) groups is 1. The second-order valence-corrected chi connectivity index (χ2v) is 8.17. The van der Waals surface area contributed by atoms with E-state index in [9.17, 15) is 14.4 Å². The van der Waals surface area contributed by atoms with E-state index < -0.39 is 23.2 Å². The van der Waals surface area contributed by atoms with Gasteiger partial charge in [0.05, 0.1) is 18.6 Å². The summed E-state index contributed by atoms with van der Waals surface area (Å²) in [6.45, 7) is 3.98. The van der Waals surface area contributed by atoms with E-state index in [-0.39, 0.29) is 11.5 Å². The molecule has 168 valence electrons. The number of esters is 1. The minimum Gasteiger partial charge on any atom is -0.490 e. The third-order valence-electron chi connectivity index (χ3n) is 4.66. The van der Waals surface area contributed by atoms with Gasteiger partial charge in [-0.25, -0.2) is 4.79 Å². The zero-order chi connectivity index (χ0) is 23.3. The lowest BCUT2D eigenvalue weighted by atomic mass is 10.1. The van der Waals surface area contributed by atoms with Gasteiger partial charge in [-0.3, -0.25) is 14.5 Å². The Labute approximate surface area is 195 Å². The first-order valence-corrected chi connectivity index (χ1v) is 11.0. The zero-order valence-corrected chi connectivity index (χ0v) is 19.4. The van der Waals surface area contributed by atoms with Crippen LogP contribution in [0.4, 0.5) is 4.79 Å². The van der Waals surface area contributed by atoms with Gasteiger partial charge in [0.25, 0.3) is 11.1 Å². The van der Waals surface area contributed by atoms with Crippen LogP contribution in [-0.4, -0.2) is 41.8 Å².